The average molecular weight is 434 g/mol. The molecular formula is C19H20ClN5O3S. The van der Waals surface area contributed by atoms with Crippen molar-refractivity contribution in [1.29, 1.82) is 0 Å². The second-order valence-corrected chi connectivity index (χ2v) is 7.32. The lowest BCUT2D eigenvalue weighted by Crippen LogP contribution is -2.25. The molecule has 0 radical (unpaired) electrons. The van der Waals surface area contributed by atoms with Crippen LogP contribution in [0.1, 0.15) is 5.56 Å². The molecule has 3 rings (SSSR count). The number of nitrogen functional groups attached to an aromatic ring is 1. The molecule has 0 unspecified atom stereocenters. The largest absolute Gasteiger partial charge is 0.493 e. The van der Waals surface area contributed by atoms with Gasteiger partial charge in [0, 0.05) is 17.1 Å². The monoisotopic (exact) mass is 433 g/mol. The minimum absolute atomic E-state index is 0.138. The molecule has 0 fully saturated rings. The normalized spacial score (nSPS) is 10.6. The number of halogens is 1. The highest BCUT2D eigenvalue weighted by Gasteiger charge is 2.15. The fourth-order valence-electron chi connectivity index (χ4n) is 2.53. The molecule has 0 saturated carbocycles. The van der Waals surface area contributed by atoms with Crippen LogP contribution >= 0.6 is 23.4 Å². The fourth-order valence-corrected chi connectivity index (χ4v) is 3.34. The van der Waals surface area contributed by atoms with E-state index in [0.717, 1.165) is 11.1 Å². The van der Waals surface area contributed by atoms with Crippen LogP contribution in [0, 0.1) is 0 Å². The van der Waals surface area contributed by atoms with Crippen LogP contribution in [-0.2, 0) is 11.3 Å². The molecular weight excluding hydrogens is 414 g/mol. The molecule has 3 aromatic rings. The van der Waals surface area contributed by atoms with Crippen LogP contribution in [0.25, 0.3) is 11.4 Å². The summed E-state index contributed by atoms with van der Waals surface area (Å²) >= 11 is 7.06. The molecule has 0 aliphatic carbocycles. The second-order valence-electron chi connectivity index (χ2n) is 5.94. The molecule has 10 heteroatoms. The summed E-state index contributed by atoms with van der Waals surface area (Å²) in [7, 11) is 3.12. The molecule has 0 spiro atoms. The summed E-state index contributed by atoms with van der Waals surface area (Å²) in [6.07, 6.45) is 0. The number of hydrogen-bond acceptors (Lipinski definition) is 7. The Morgan fingerprint density at radius 1 is 1.14 bits per heavy atom. The highest BCUT2D eigenvalue weighted by atomic mass is 35.5. The Bertz CT molecular complexity index is 994. The van der Waals surface area contributed by atoms with Crippen molar-refractivity contribution in [3.05, 3.63) is 53.1 Å². The number of aromatic nitrogens is 3. The molecule has 0 bridgehead atoms. The first-order valence-electron chi connectivity index (χ1n) is 8.58. The first kappa shape index (κ1) is 20.8. The Morgan fingerprint density at radius 2 is 1.86 bits per heavy atom. The predicted octanol–water partition coefficient (Wildman–Crippen LogP) is 2.74. The summed E-state index contributed by atoms with van der Waals surface area (Å²) in [5.74, 6) is 7.76. The molecule has 29 heavy (non-hydrogen) atoms. The molecule has 3 N–H and O–H groups in total. The molecule has 1 amide bonds. The van der Waals surface area contributed by atoms with Gasteiger partial charge in [-0.2, -0.15) is 0 Å². The third kappa shape index (κ3) is 5.12. The van der Waals surface area contributed by atoms with Crippen molar-refractivity contribution in [1.82, 2.24) is 20.2 Å². The van der Waals surface area contributed by atoms with Gasteiger partial charge in [0.1, 0.15) is 0 Å². The van der Waals surface area contributed by atoms with E-state index in [1.54, 1.807) is 38.5 Å². The van der Waals surface area contributed by atoms with Crippen molar-refractivity contribution in [3.63, 3.8) is 0 Å². The topological polar surface area (TPSA) is 104 Å². The number of methoxy groups -OCH3 is 2. The van der Waals surface area contributed by atoms with Gasteiger partial charge in [0.15, 0.2) is 17.3 Å². The van der Waals surface area contributed by atoms with E-state index < -0.39 is 0 Å². The van der Waals surface area contributed by atoms with E-state index in [4.69, 9.17) is 26.9 Å². The maximum Gasteiger partial charge on any atom is 0.230 e. The van der Waals surface area contributed by atoms with Gasteiger partial charge in [-0.1, -0.05) is 35.5 Å². The number of nitrogens with two attached hydrogens (primary N) is 1. The molecule has 1 aromatic heterocycles. The van der Waals surface area contributed by atoms with E-state index in [0.29, 0.717) is 34.0 Å². The number of benzene rings is 2. The second kappa shape index (κ2) is 9.53. The quantitative estimate of drug-likeness (QED) is 0.415. The smallest absolute Gasteiger partial charge is 0.230 e. The molecule has 152 valence electrons. The molecule has 0 atom stereocenters. The van der Waals surface area contributed by atoms with E-state index in [1.165, 1.54) is 16.4 Å². The highest BCUT2D eigenvalue weighted by molar-refractivity contribution is 7.99. The lowest BCUT2D eigenvalue weighted by Gasteiger charge is -2.09. The minimum atomic E-state index is -0.138. The van der Waals surface area contributed by atoms with Crippen molar-refractivity contribution in [2.45, 2.75) is 11.7 Å². The summed E-state index contributed by atoms with van der Waals surface area (Å²) < 4.78 is 11.9. The van der Waals surface area contributed by atoms with E-state index in [-0.39, 0.29) is 11.7 Å². The van der Waals surface area contributed by atoms with E-state index in [1.807, 2.05) is 18.2 Å². The van der Waals surface area contributed by atoms with E-state index in [9.17, 15) is 4.79 Å². The molecule has 2 aromatic carbocycles. The van der Waals surface area contributed by atoms with Crippen molar-refractivity contribution >= 4 is 29.3 Å². The minimum Gasteiger partial charge on any atom is -0.493 e. The summed E-state index contributed by atoms with van der Waals surface area (Å²) in [6, 6.07) is 12.6. The first-order valence-corrected chi connectivity index (χ1v) is 9.95. The maximum absolute atomic E-state index is 12.1. The van der Waals surface area contributed by atoms with Crippen molar-refractivity contribution in [3.8, 4) is 22.9 Å². The third-order valence-electron chi connectivity index (χ3n) is 4.04. The lowest BCUT2D eigenvalue weighted by atomic mass is 10.2. The van der Waals surface area contributed by atoms with E-state index in [2.05, 4.69) is 15.5 Å². The number of nitrogens with zero attached hydrogens (tertiary/aromatic N) is 3. The SMILES string of the molecule is COc1ccc(-c2nnc(SCC(=O)NCc3ccc(Cl)cc3)n2N)cc1OC. The predicted molar refractivity (Wildman–Crippen MR) is 113 cm³/mol. The fraction of sp³-hybridized carbons (Fsp3) is 0.211. The molecule has 0 saturated heterocycles. The third-order valence-corrected chi connectivity index (χ3v) is 5.24. The Kier molecular flexibility index (Phi) is 6.84. The van der Waals surface area contributed by atoms with Gasteiger partial charge < -0.3 is 20.6 Å². The average Bonchev–Trinajstić information content (AvgIpc) is 3.11. The number of thioether (sulfide) groups is 1. The van der Waals surface area contributed by atoms with Gasteiger partial charge in [-0.3, -0.25) is 4.79 Å². The van der Waals surface area contributed by atoms with E-state index >= 15 is 0 Å². The number of amides is 1. The molecule has 8 nitrogen and oxygen atoms in total. The summed E-state index contributed by atoms with van der Waals surface area (Å²) in [4.78, 5) is 12.1. The Hall–Kier alpha value is -2.91. The molecule has 1 heterocycles. The van der Waals surface area contributed by atoms with Gasteiger partial charge in [-0.25, -0.2) is 4.68 Å². The standard InChI is InChI=1S/C19H20ClN5O3S/c1-27-15-8-5-13(9-16(15)28-2)18-23-24-19(25(18)21)29-11-17(26)22-10-12-3-6-14(20)7-4-12/h3-9H,10-11,21H2,1-2H3,(H,22,26). The van der Waals surface area contributed by atoms with Gasteiger partial charge in [0.25, 0.3) is 0 Å². The van der Waals surface area contributed by atoms with Crippen LogP contribution in [0.2, 0.25) is 5.02 Å². The van der Waals surface area contributed by atoms with Crippen LogP contribution in [-0.4, -0.2) is 40.8 Å². The summed E-state index contributed by atoms with van der Waals surface area (Å²) in [6.45, 7) is 0.419. The maximum atomic E-state index is 12.1. The molecule has 0 aliphatic heterocycles. The van der Waals surface area contributed by atoms with Crippen LogP contribution in [0.4, 0.5) is 0 Å². The number of carbonyl (C=O) groups is 1. The Balaban J connectivity index is 1.61. The molecule has 0 aliphatic rings. The number of ether oxygens (including phenoxy) is 2. The van der Waals surface area contributed by atoms with Gasteiger partial charge in [0.2, 0.25) is 11.1 Å². The van der Waals surface area contributed by atoms with Crippen LogP contribution in [0.3, 0.4) is 0 Å². The van der Waals surface area contributed by atoms with Crippen molar-refractivity contribution in [2.24, 2.45) is 0 Å². The number of carbonyl (C=O) groups excluding carboxylic acids is 1. The van der Waals surface area contributed by atoms with Crippen molar-refractivity contribution in [2.75, 3.05) is 25.8 Å². The van der Waals surface area contributed by atoms with Crippen LogP contribution < -0.4 is 20.6 Å². The van der Waals surface area contributed by atoms with Crippen LogP contribution in [0.5, 0.6) is 11.5 Å². The summed E-state index contributed by atoms with van der Waals surface area (Å²) in [5, 5.41) is 12.1. The number of hydrogen-bond donors (Lipinski definition) is 2. The summed E-state index contributed by atoms with van der Waals surface area (Å²) in [5.41, 5.74) is 1.68. The zero-order valence-corrected chi connectivity index (χ0v) is 17.5. The Labute approximate surface area is 177 Å². The zero-order valence-electron chi connectivity index (χ0n) is 15.9. The van der Waals surface area contributed by atoms with Gasteiger partial charge >= 0.3 is 0 Å². The Morgan fingerprint density at radius 3 is 2.55 bits per heavy atom. The number of rotatable bonds is 8. The van der Waals surface area contributed by atoms with Crippen LogP contribution in [0.15, 0.2) is 47.6 Å². The van der Waals surface area contributed by atoms with Gasteiger partial charge in [0.05, 0.1) is 20.0 Å². The van der Waals surface area contributed by atoms with Gasteiger partial charge in [-0.15, -0.1) is 10.2 Å². The van der Waals surface area contributed by atoms with Gasteiger partial charge in [-0.05, 0) is 35.9 Å². The highest BCUT2D eigenvalue weighted by Crippen LogP contribution is 2.32. The first-order chi connectivity index (χ1) is 14.0. The van der Waals surface area contributed by atoms with Crippen molar-refractivity contribution < 1.29 is 14.3 Å². The lowest BCUT2D eigenvalue weighted by molar-refractivity contribution is -0.118. The number of nitrogens with one attached hydrogen (secondary N) is 1. The zero-order chi connectivity index (χ0) is 20.8.